The number of H-pyrrole nitrogens is 1. The van der Waals surface area contributed by atoms with E-state index in [0.29, 0.717) is 37.5 Å². The van der Waals surface area contributed by atoms with E-state index in [-0.39, 0.29) is 17.6 Å². The minimum atomic E-state index is -0.324. The lowest BCUT2D eigenvalue weighted by molar-refractivity contribution is 0.0299. The van der Waals surface area contributed by atoms with Crippen molar-refractivity contribution in [1.82, 2.24) is 9.88 Å². The molecule has 21 heavy (non-hydrogen) atoms. The fourth-order valence-corrected chi connectivity index (χ4v) is 2.76. The van der Waals surface area contributed by atoms with E-state index >= 15 is 0 Å². The highest BCUT2D eigenvalue weighted by Crippen LogP contribution is 2.28. The predicted octanol–water partition coefficient (Wildman–Crippen LogP) is 2.90. The number of hydrogen-bond acceptors (Lipinski definition) is 2. The van der Waals surface area contributed by atoms with Crippen LogP contribution in [0, 0.1) is 5.82 Å². The van der Waals surface area contributed by atoms with Gasteiger partial charge in [0.05, 0.1) is 18.7 Å². The lowest BCUT2D eigenvalue weighted by Gasteiger charge is -2.26. The van der Waals surface area contributed by atoms with Gasteiger partial charge in [-0.3, -0.25) is 4.79 Å². The average Bonchev–Trinajstić information content (AvgIpc) is 2.93. The summed E-state index contributed by atoms with van der Waals surface area (Å²) in [6.07, 6.45) is 0. The number of morpholine rings is 1. The molecule has 0 unspecified atom stereocenters. The number of hydrogen-bond donors (Lipinski definition) is 1. The molecule has 3 rings (SSSR count). The topological polar surface area (TPSA) is 45.3 Å². The Labute approximate surface area is 122 Å². The summed E-state index contributed by atoms with van der Waals surface area (Å²) in [6.45, 7) is 6.38. The Balaban J connectivity index is 2.02. The Morgan fingerprint density at radius 1 is 1.33 bits per heavy atom. The minimum Gasteiger partial charge on any atom is -0.378 e. The zero-order valence-corrected chi connectivity index (χ0v) is 12.3. The first-order chi connectivity index (χ1) is 10.1. The molecule has 5 heteroatoms. The van der Waals surface area contributed by atoms with Crippen molar-refractivity contribution in [2.45, 2.75) is 19.8 Å². The van der Waals surface area contributed by atoms with Crippen LogP contribution in [0.25, 0.3) is 10.9 Å². The zero-order valence-electron chi connectivity index (χ0n) is 12.3. The monoisotopic (exact) mass is 290 g/mol. The van der Waals surface area contributed by atoms with Crippen LogP contribution < -0.4 is 0 Å². The van der Waals surface area contributed by atoms with Gasteiger partial charge in [0.2, 0.25) is 0 Å². The highest BCUT2D eigenvalue weighted by atomic mass is 19.1. The van der Waals surface area contributed by atoms with Gasteiger partial charge in [0.15, 0.2) is 0 Å². The van der Waals surface area contributed by atoms with Gasteiger partial charge in [-0.2, -0.15) is 0 Å². The molecular weight excluding hydrogens is 271 g/mol. The number of nitrogens with one attached hydrogen (secondary N) is 1. The maximum atomic E-state index is 14.0. The lowest BCUT2D eigenvalue weighted by atomic mass is 9.99. The Morgan fingerprint density at radius 2 is 2.05 bits per heavy atom. The van der Waals surface area contributed by atoms with E-state index in [9.17, 15) is 9.18 Å². The third-order valence-corrected chi connectivity index (χ3v) is 3.93. The van der Waals surface area contributed by atoms with Crippen LogP contribution in [0.5, 0.6) is 0 Å². The second-order valence-electron chi connectivity index (χ2n) is 5.67. The highest BCUT2D eigenvalue weighted by molar-refractivity contribution is 5.99. The van der Waals surface area contributed by atoms with Crippen LogP contribution in [0.4, 0.5) is 4.39 Å². The van der Waals surface area contributed by atoms with Crippen LogP contribution in [0.1, 0.15) is 35.8 Å². The van der Waals surface area contributed by atoms with Gasteiger partial charge in [-0.05, 0) is 23.6 Å². The molecule has 0 aliphatic carbocycles. The van der Waals surface area contributed by atoms with Gasteiger partial charge < -0.3 is 14.6 Å². The molecule has 4 nitrogen and oxygen atoms in total. The first-order valence-electron chi connectivity index (χ1n) is 7.26. The fraction of sp³-hybridized carbons (Fsp3) is 0.438. The number of halogens is 1. The smallest absolute Gasteiger partial charge is 0.270 e. The molecule has 0 radical (unpaired) electrons. The van der Waals surface area contributed by atoms with Gasteiger partial charge in [-0.1, -0.05) is 19.9 Å². The molecule has 0 atom stereocenters. The third-order valence-electron chi connectivity index (χ3n) is 3.93. The van der Waals surface area contributed by atoms with E-state index in [1.165, 1.54) is 6.07 Å². The van der Waals surface area contributed by atoms with Crippen molar-refractivity contribution < 1.29 is 13.9 Å². The number of aromatic amines is 1. The highest BCUT2D eigenvalue weighted by Gasteiger charge is 2.22. The summed E-state index contributed by atoms with van der Waals surface area (Å²) in [5.74, 6) is -0.144. The minimum absolute atomic E-state index is 0.0939. The van der Waals surface area contributed by atoms with Gasteiger partial charge in [0.25, 0.3) is 5.91 Å². The first kappa shape index (κ1) is 14.1. The summed E-state index contributed by atoms with van der Waals surface area (Å²) >= 11 is 0. The van der Waals surface area contributed by atoms with E-state index in [1.54, 1.807) is 17.0 Å². The van der Waals surface area contributed by atoms with E-state index < -0.39 is 0 Å². The van der Waals surface area contributed by atoms with Gasteiger partial charge in [-0.15, -0.1) is 0 Å². The summed E-state index contributed by atoms with van der Waals surface area (Å²) in [7, 11) is 0. The van der Waals surface area contributed by atoms with Gasteiger partial charge in [0, 0.05) is 18.5 Å². The number of aromatic nitrogens is 1. The summed E-state index contributed by atoms with van der Waals surface area (Å²) in [6, 6.07) is 5.02. The molecule has 1 aliphatic rings. The van der Waals surface area contributed by atoms with E-state index in [4.69, 9.17) is 4.74 Å². The molecule has 1 amide bonds. The first-order valence-corrected chi connectivity index (χ1v) is 7.26. The van der Waals surface area contributed by atoms with Gasteiger partial charge in [-0.25, -0.2) is 4.39 Å². The van der Waals surface area contributed by atoms with Crippen LogP contribution in [0.15, 0.2) is 18.2 Å². The molecule has 2 heterocycles. The largest absolute Gasteiger partial charge is 0.378 e. The predicted molar refractivity (Wildman–Crippen MR) is 79.1 cm³/mol. The van der Waals surface area contributed by atoms with Crippen molar-refractivity contribution in [2.75, 3.05) is 26.3 Å². The van der Waals surface area contributed by atoms with Gasteiger partial charge >= 0.3 is 0 Å². The molecule has 0 saturated carbocycles. The van der Waals surface area contributed by atoms with Crippen molar-refractivity contribution in [3.05, 3.63) is 35.3 Å². The number of ether oxygens (including phenoxy) is 1. The number of rotatable bonds is 2. The van der Waals surface area contributed by atoms with Crippen molar-refractivity contribution in [3.8, 4) is 0 Å². The van der Waals surface area contributed by atoms with Crippen LogP contribution in [0.2, 0.25) is 0 Å². The van der Waals surface area contributed by atoms with Crippen LogP contribution >= 0.6 is 0 Å². The number of fused-ring (bicyclic) bond motifs is 1. The van der Waals surface area contributed by atoms with E-state index in [2.05, 4.69) is 18.8 Å². The van der Waals surface area contributed by atoms with Crippen LogP contribution in [-0.4, -0.2) is 42.1 Å². The standard InChI is InChI=1S/C16H19FN2O2/c1-10(2)11-3-4-13(17)15-12(11)9-14(18-15)16(20)19-5-7-21-8-6-19/h3-4,9-10,18H,5-8H2,1-2H3. The number of amides is 1. The third kappa shape index (κ3) is 2.53. The number of nitrogens with zero attached hydrogens (tertiary/aromatic N) is 1. The molecule has 1 fully saturated rings. The van der Waals surface area contributed by atoms with E-state index in [1.807, 2.05) is 0 Å². The summed E-state index contributed by atoms with van der Waals surface area (Å²) in [5.41, 5.74) is 1.90. The molecular formula is C16H19FN2O2. The summed E-state index contributed by atoms with van der Waals surface area (Å²) in [4.78, 5) is 17.2. The Bertz CT molecular complexity index is 672. The number of benzene rings is 1. The Kier molecular flexibility index (Phi) is 3.68. The Hall–Kier alpha value is -1.88. The fourth-order valence-electron chi connectivity index (χ4n) is 2.76. The number of carbonyl (C=O) groups is 1. The molecule has 0 bridgehead atoms. The molecule has 2 aromatic rings. The van der Waals surface area contributed by atoms with Crippen LogP contribution in [-0.2, 0) is 4.74 Å². The van der Waals surface area contributed by atoms with Crippen molar-refractivity contribution in [2.24, 2.45) is 0 Å². The second kappa shape index (κ2) is 5.48. The van der Waals surface area contributed by atoms with Gasteiger partial charge in [0.1, 0.15) is 11.5 Å². The quantitative estimate of drug-likeness (QED) is 0.924. The molecule has 0 spiro atoms. The van der Waals surface area contributed by atoms with E-state index in [0.717, 1.165) is 10.9 Å². The maximum Gasteiger partial charge on any atom is 0.270 e. The molecule has 1 saturated heterocycles. The van der Waals surface area contributed by atoms with Crippen molar-refractivity contribution >= 4 is 16.8 Å². The summed E-state index contributed by atoms with van der Waals surface area (Å²) in [5, 5.41) is 0.793. The molecule has 1 N–H and O–H groups in total. The molecule has 1 aromatic carbocycles. The zero-order chi connectivity index (χ0) is 15.0. The average molecular weight is 290 g/mol. The molecule has 1 aliphatic heterocycles. The summed E-state index contributed by atoms with van der Waals surface area (Å²) < 4.78 is 19.2. The van der Waals surface area contributed by atoms with Crippen LogP contribution in [0.3, 0.4) is 0 Å². The maximum absolute atomic E-state index is 14.0. The Morgan fingerprint density at radius 3 is 2.71 bits per heavy atom. The van der Waals surface area contributed by atoms with Crippen molar-refractivity contribution in [3.63, 3.8) is 0 Å². The number of carbonyl (C=O) groups excluding carboxylic acids is 1. The SMILES string of the molecule is CC(C)c1ccc(F)c2[nH]c(C(=O)N3CCOCC3)cc12. The second-order valence-corrected chi connectivity index (χ2v) is 5.67. The molecule has 112 valence electrons. The van der Waals surface area contributed by atoms with Crippen molar-refractivity contribution in [1.29, 1.82) is 0 Å². The lowest BCUT2D eigenvalue weighted by Crippen LogP contribution is -2.40. The normalized spacial score (nSPS) is 15.9. The molecule has 1 aromatic heterocycles.